The first-order chi connectivity index (χ1) is 10.6. The maximum absolute atomic E-state index is 12.8. The average molecular weight is 343 g/mol. The zero-order chi connectivity index (χ0) is 16.0. The number of ether oxygens (including phenoxy) is 2. The van der Waals surface area contributed by atoms with Crippen molar-refractivity contribution in [2.45, 2.75) is 26.3 Å². The molecule has 0 aromatic heterocycles. The van der Waals surface area contributed by atoms with Crippen molar-refractivity contribution in [2.24, 2.45) is 11.1 Å². The Hall–Kier alpha value is -1.30. The molecule has 0 bridgehead atoms. The molecule has 23 heavy (non-hydrogen) atoms. The average Bonchev–Trinajstić information content (AvgIpc) is 2.56. The summed E-state index contributed by atoms with van der Waals surface area (Å²) < 4.78 is 10.8. The van der Waals surface area contributed by atoms with E-state index >= 15 is 0 Å². The molecule has 0 unspecified atom stereocenters. The van der Waals surface area contributed by atoms with Gasteiger partial charge in [0.2, 0.25) is 5.91 Å². The Kier molecular flexibility index (Phi) is 7.82. The van der Waals surface area contributed by atoms with E-state index in [2.05, 4.69) is 0 Å². The summed E-state index contributed by atoms with van der Waals surface area (Å²) in [6.07, 6.45) is 1.41. The summed E-state index contributed by atoms with van der Waals surface area (Å²) in [6, 6.07) is 7.86. The minimum Gasteiger partial charge on any atom is -0.494 e. The van der Waals surface area contributed by atoms with Gasteiger partial charge in [0.1, 0.15) is 5.75 Å². The maximum Gasteiger partial charge on any atom is 0.230 e. The van der Waals surface area contributed by atoms with Crippen LogP contribution in [0, 0.1) is 5.41 Å². The fourth-order valence-corrected chi connectivity index (χ4v) is 2.88. The van der Waals surface area contributed by atoms with Gasteiger partial charge < -0.3 is 20.1 Å². The molecular weight excluding hydrogens is 316 g/mol. The molecule has 1 aromatic rings. The lowest BCUT2D eigenvalue weighted by Gasteiger charge is -2.37. The van der Waals surface area contributed by atoms with Crippen LogP contribution in [0.4, 0.5) is 0 Å². The number of hydrogen-bond donors (Lipinski definition) is 1. The molecule has 0 aliphatic carbocycles. The van der Waals surface area contributed by atoms with E-state index in [1.165, 1.54) is 0 Å². The molecule has 1 fully saturated rings. The molecule has 0 radical (unpaired) electrons. The van der Waals surface area contributed by atoms with Crippen LogP contribution in [-0.4, -0.2) is 44.2 Å². The smallest absolute Gasteiger partial charge is 0.230 e. The Morgan fingerprint density at radius 3 is 2.43 bits per heavy atom. The molecule has 130 valence electrons. The Morgan fingerprint density at radius 2 is 1.91 bits per heavy atom. The summed E-state index contributed by atoms with van der Waals surface area (Å²) in [5.74, 6) is 0.968. The van der Waals surface area contributed by atoms with Crippen molar-refractivity contribution in [1.29, 1.82) is 0 Å². The van der Waals surface area contributed by atoms with Gasteiger partial charge >= 0.3 is 0 Å². The number of hydrogen-bond acceptors (Lipinski definition) is 4. The summed E-state index contributed by atoms with van der Waals surface area (Å²) in [5, 5.41) is 0. The van der Waals surface area contributed by atoms with E-state index in [0.29, 0.717) is 45.8 Å². The summed E-state index contributed by atoms with van der Waals surface area (Å²) >= 11 is 0. The van der Waals surface area contributed by atoms with Crippen LogP contribution in [0.1, 0.15) is 25.3 Å². The van der Waals surface area contributed by atoms with Crippen molar-refractivity contribution < 1.29 is 14.3 Å². The number of carbonyl (C=O) groups is 1. The third-order valence-electron chi connectivity index (χ3n) is 4.30. The number of rotatable bonds is 6. The largest absolute Gasteiger partial charge is 0.494 e. The SMILES string of the molecule is CCOc1ccc(CN(C)C(=O)C2(CN)CCOCC2)cc1.Cl. The molecular formula is C17H27ClN2O3. The molecule has 1 aliphatic rings. The first-order valence-corrected chi connectivity index (χ1v) is 7.86. The van der Waals surface area contributed by atoms with Gasteiger partial charge in [-0.2, -0.15) is 0 Å². The number of amides is 1. The molecule has 0 atom stereocenters. The van der Waals surface area contributed by atoms with Gasteiger partial charge in [0.15, 0.2) is 0 Å². The van der Waals surface area contributed by atoms with Gasteiger partial charge in [0, 0.05) is 33.4 Å². The summed E-state index contributed by atoms with van der Waals surface area (Å²) in [5.41, 5.74) is 6.53. The second-order valence-corrected chi connectivity index (χ2v) is 5.84. The van der Waals surface area contributed by atoms with E-state index in [1.807, 2.05) is 38.2 Å². The van der Waals surface area contributed by atoms with Crippen LogP contribution in [0.2, 0.25) is 0 Å². The zero-order valence-corrected chi connectivity index (χ0v) is 14.7. The van der Waals surface area contributed by atoms with Crippen molar-refractivity contribution in [3.05, 3.63) is 29.8 Å². The van der Waals surface area contributed by atoms with Gasteiger partial charge in [0.25, 0.3) is 0 Å². The van der Waals surface area contributed by atoms with Gasteiger partial charge in [-0.3, -0.25) is 4.79 Å². The molecule has 2 N–H and O–H groups in total. The van der Waals surface area contributed by atoms with Gasteiger partial charge in [0.05, 0.1) is 12.0 Å². The molecule has 5 nitrogen and oxygen atoms in total. The van der Waals surface area contributed by atoms with Crippen LogP contribution in [0.5, 0.6) is 5.75 Å². The predicted octanol–water partition coefficient (Wildman–Crippen LogP) is 2.22. The van der Waals surface area contributed by atoms with Crippen LogP contribution in [0.15, 0.2) is 24.3 Å². The molecule has 1 saturated heterocycles. The predicted molar refractivity (Wildman–Crippen MR) is 92.9 cm³/mol. The molecule has 1 amide bonds. The zero-order valence-electron chi connectivity index (χ0n) is 13.9. The minimum atomic E-state index is -0.460. The Bertz CT molecular complexity index is 487. The highest BCUT2D eigenvalue weighted by Gasteiger charge is 2.40. The Labute approximate surface area is 144 Å². The van der Waals surface area contributed by atoms with E-state index in [1.54, 1.807) is 4.90 Å². The van der Waals surface area contributed by atoms with Gasteiger partial charge in [-0.25, -0.2) is 0 Å². The first-order valence-electron chi connectivity index (χ1n) is 7.86. The van der Waals surface area contributed by atoms with E-state index in [-0.39, 0.29) is 18.3 Å². The van der Waals surface area contributed by atoms with Crippen LogP contribution < -0.4 is 10.5 Å². The number of halogens is 1. The molecule has 0 saturated carbocycles. The quantitative estimate of drug-likeness (QED) is 0.861. The molecule has 6 heteroatoms. The number of benzene rings is 1. The lowest BCUT2D eigenvalue weighted by molar-refractivity contribution is -0.146. The third-order valence-corrected chi connectivity index (χ3v) is 4.30. The van der Waals surface area contributed by atoms with Crippen LogP contribution in [0.25, 0.3) is 0 Å². The standard InChI is InChI=1S/C17H26N2O3.ClH/c1-3-22-15-6-4-14(5-7-15)12-19(2)16(20)17(13-18)8-10-21-11-9-17;/h4-7H,3,8-13,18H2,1-2H3;1H. The van der Waals surface area contributed by atoms with Crippen LogP contribution in [0.3, 0.4) is 0 Å². The Morgan fingerprint density at radius 1 is 1.30 bits per heavy atom. The summed E-state index contributed by atoms with van der Waals surface area (Å²) in [7, 11) is 1.84. The van der Waals surface area contributed by atoms with Gasteiger partial charge in [-0.15, -0.1) is 12.4 Å². The lowest BCUT2D eigenvalue weighted by Crippen LogP contribution is -2.49. The molecule has 1 aliphatic heterocycles. The lowest BCUT2D eigenvalue weighted by atomic mass is 9.79. The highest BCUT2D eigenvalue weighted by atomic mass is 35.5. The molecule has 1 aromatic carbocycles. The Balaban J connectivity index is 0.00000264. The number of carbonyl (C=O) groups excluding carboxylic acids is 1. The monoisotopic (exact) mass is 342 g/mol. The van der Waals surface area contributed by atoms with Crippen LogP contribution in [-0.2, 0) is 16.1 Å². The second kappa shape index (κ2) is 9.11. The highest BCUT2D eigenvalue weighted by Crippen LogP contribution is 2.31. The third kappa shape index (κ3) is 4.83. The van der Waals surface area contributed by atoms with Crippen molar-refractivity contribution in [1.82, 2.24) is 4.90 Å². The molecule has 1 heterocycles. The summed E-state index contributed by atoms with van der Waals surface area (Å²) in [4.78, 5) is 14.6. The van der Waals surface area contributed by atoms with Gasteiger partial charge in [-0.1, -0.05) is 12.1 Å². The summed E-state index contributed by atoms with van der Waals surface area (Å²) in [6.45, 7) is 4.79. The molecule has 0 spiro atoms. The van der Waals surface area contributed by atoms with E-state index < -0.39 is 5.41 Å². The van der Waals surface area contributed by atoms with Crippen molar-refractivity contribution in [3.63, 3.8) is 0 Å². The van der Waals surface area contributed by atoms with Crippen LogP contribution >= 0.6 is 12.4 Å². The second-order valence-electron chi connectivity index (χ2n) is 5.84. The van der Waals surface area contributed by atoms with Gasteiger partial charge in [-0.05, 0) is 37.5 Å². The van der Waals surface area contributed by atoms with E-state index in [9.17, 15) is 4.79 Å². The fourth-order valence-electron chi connectivity index (χ4n) is 2.88. The number of nitrogens with zero attached hydrogens (tertiary/aromatic N) is 1. The van der Waals surface area contributed by atoms with E-state index in [4.69, 9.17) is 15.2 Å². The topological polar surface area (TPSA) is 64.8 Å². The maximum atomic E-state index is 12.8. The first kappa shape index (κ1) is 19.7. The minimum absolute atomic E-state index is 0. The normalized spacial score (nSPS) is 16.3. The van der Waals surface area contributed by atoms with E-state index in [0.717, 1.165) is 11.3 Å². The van der Waals surface area contributed by atoms with Crippen molar-refractivity contribution >= 4 is 18.3 Å². The van der Waals surface area contributed by atoms with Crippen molar-refractivity contribution in [3.8, 4) is 5.75 Å². The molecule has 2 rings (SSSR count). The van der Waals surface area contributed by atoms with Crippen molar-refractivity contribution in [2.75, 3.05) is 33.4 Å². The highest BCUT2D eigenvalue weighted by molar-refractivity contribution is 5.85. The number of nitrogens with two attached hydrogens (primary N) is 1. The fraction of sp³-hybridized carbons (Fsp3) is 0.588.